The second-order valence-electron chi connectivity index (χ2n) is 6.03. The lowest BCUT2D eigenvalue weighted by Gasteiger charge is -2.22. The average molecular weight is 388 g/mol. The van der Waals surface area contributed by atoms with Gasteiger partial charge in [-0.15, -0.1) is 0 Å². The Kier molecular flexibility index (Phi) is 5.10. The van der Waals surface area contributed by atoms with Crippen LogP contribution < -0.4 is 9.47 Å². The number of halogens is 1. The Labute approximate surface area is 161 Å². The van der Waals surface area contributed by atoms with Crippen LogP contribution in [0.3, 0.4) is 0 Å². The Morgan fingerprint density at radius 1 is 1.04 bits per heavy atom. The predicted molar refractivity (Wildman–Crippen MR) is 101 cm³/mol. The quantitative estimate of drug-likeness (QED) is 0.494. The number of rotatable bonds is 4. The molecule has 7 heteroatoms. The number of benzene rings is 2. The van der Waals surface area contributed by atoms with Gasteiger partial charge in [0.05, 0.1) is 25.8 Å². The number of aliphatic hydroxyl groups excluding tert-OH is 1. The monoisotopic (exact) mass is 387 g/mol. The molecule has 1 atom stereocenters. The maximum atomic E-state index is 12.6. The smallest absolute Gasteiger partial charge is 0.295 e. The Hall–Kier alpha value is -2.99. The van der Waals surface area contributed by atoms with Gasteiger partial charge in [-0.1, -0.05) is 17.7 Å². The summed E-state index contributed by atoms with van der Waals surface area (Å²) >= 11 is 5.88. The van der Waals surface area contributed by atoms with E-state index in [0.29, 0.717) is 27.6 Å². The number of hydrogen-bond acceptors (Lipinski definition) is 5. The molecule has 1 aliphatic rings. The summed E-state index contributed by atoms with van der Waals surface area (Å²) < 4.78 is 10.5. The van der Waals surface area contributed by atoms with E-state index in [2.05, 4.69) is 0 Å². The lowest BCUT2D eigenvalue weighted by molar-refractivity contribution is -0.139. The van der Waals surface area contributed by atoms with Crippen LogP contribution in [0.1, 0.15) is 17.2 Å². The van der Waals surface area contributed by atoms with E-state index in [1.165, 1.54) is 26.2 Å². The van der Waals surface area contributed by atoms with Gasteiger partial charge in [0.2, 0.25) is 0 Å². The van der Waals surface area contributed by atoms with E-state index in [9.17, 15) is 14.7 Å². The van der Waals surface area contributed by atoms with Crippen LogP contribution in [0, 0.1) is 0 Å². The standard InChI is InChI=1S/C20H18ClNO5/c1-22-17(12-6-9-14(26-2)15(10-12)27-3)16(19(24)20(22)25)18(23)11-4-7-13(21)8-5-11/h4-10,17,23H,1-3H3/b18-16+/t17-/m0/s1. The molecular weight excluding hydrogens is 370 g/mol. The lowest BCUT2D eigenvalue weighted by Crippen LogP contribution is -2.24. The number of hydrogen-bond donors (Lipinski definition) is 1. The number of carbonyl (C=O) groups is 2. The molecule has 0 aliphatic carbocycles. The first-order chi connectivity index (χ1) is 12.9. The molecular formula is C20H18ClNO5. The first-order valence-electron chi connectivity index (χ1n) is 8.11. The summed E-state index contributed by atoms with van der Waals surface area (Å²) in [6.07, 6.45) is 0. The fourth-order valence-corrected chi connectivity index (χ4v) is 3.25. The summed E-state index contributed by atoms with van der Waals surface area (Å²) in [4.78, 5) is 26.2. The van der Waals surface area contributed by atoms with Crippen molar-refractivity contribution >= 4 is 29.1 Å². The Morgan fingerprint density at radius 2 is 1.67 bits per heavy atom. The zero-order chi connectivity index (χ0) is 19.7. The van der Waals surface area contributed by atoms with Crippen LogP contribution in [0.4, 0.5) is 0 Å². The molecule has 0 bridgehead atoms. The number of methoxy groups -OCH3 is 2. The van der Waals surface area contributed by atoms with Gasteiger partial charge >= 0.3 is 0 Å². The number of ether oxygens (including phenoxy) is 2. The molecule has 0 aromatic heterocycles. The molecule has 1 amide bonds. The summed E-state index contributed by atoms with van der Waals surface area (Å²) in [6, 6.07) is 10.7. The first kappa shape index (κ1) is 18.8. The van der Waals surface area contributed by atoms with E-state index in [0.717, 1.165) is 0 Å². The Bertz CT molecular complexity index is 936. The molecule has 6 nitrogen and oxygen atoms in total. The van der Waals surface area contributed by atoms with Gasteiger partial charge in [-0.05, 0) is 42.0 Å². The van der Waals surface area contributed by atoms with Crippen LogP contribution in [0.15, 0.2) is 48.0 Å². The number of aliphatic hydroxyl groups is 1. The van der Waals surface area contributed by atoms with Crippen LogP contribution in [0.2, 0.25) is 5.02 Å². The van der Waals surface area contributed by atoms with Crippen molar-refractivity contribution in [1.82, 2.24) is 4.90 Å². The van der Waals surface area contributed by atoms with E-state index in [4.69, 9.17) is 21.1 Å². The number of nitrogens with zero attached hydrogens (tertiary/aromatic N) is 1. The SMILES string of the molecule is COc1ccc([C@H]2/C(=C(\O)c3ccc(Cl)cc3)C(=O)C(=O)N2C)cc1OC. The molecule has 1 heterocycles. The number of ketones is 1. The number of likely N-dealkylation sites (tertiary alicyclic amines) is 1. The van der Waals surface area contributed by atoms with Gasteiger partial charge in [-0.2, -0.15) is 0 Å². The highest BCUT2D eigenvalue weighted by Gasteiger charge is 2.44. The molecule has 1 saturated heterocycles. The zero-order valence-electron chi connectivity index (χ0n) is 15.0. The maximum absolute atomic E-state index is 12.6. The van der Waals surface area contributed by atoms with Crippen LogP contribution in [-0.4, -0.2) is 43.0 Å². The number of likely N-dealkylation sites (N-methyl/N-ethyl adjacent to an activating group) is 1. The predicted octanol–water partition coefficient (Wildman–Crippen LogP) is 3.41. The van der Waals surface area contributed by atoms with Crippen LogP contribution in [0.25, 0.3) is 5.76 Å². The summed E-state index contributed by atoms with van der Waals surface area (Å²) in [5.41, 5.74) is 1.03. The average Bonchev–Trinajstić information content (AvgIpc) is 2.91. The van der Waals surface area contributed by atoms with Crippen LogP contribution in [-0.2, 0) is 9.59 Å². The van der Waals surface area contributed by atoms with Gasteiger partial charge in [0.1, 0.15) is 5.76 Å². The molecule has 0 unspecified atom stereocenters. The van der Waals surface area contributed by atoms with E-state index in [-0.39, 0.29) is 11.3 Å². The highest BCUT2D eigenvalue weighted by molar-refractivity contribution is 6.46. The second kappa shape index (κ2) is 7.32. The fraction of sp³-hybridized carbons (Fsp3) is 0.200. The molecule has 1 aliphatic heterocycles. The van der Waals surface area contributed by atoms with Crippen molar-refractivity contribution in [1.29, 1.82) is 0 Å². The first-order valence-corrected chi connectivity index (χ1v) is 8.49. The van der Waals surface area contributed by atoms with Crippen molar-refractivity contribution in [2.45, 2.75) is 6.04 Å². The molecule has 3 rings (SSSR count). The highest BCUT2D eigenvalue weighted by Crippen LogP contribution is 2.41. The minimum absolute atomic E-state index is 0.0112. The van der Waals surface area contributed by atoms with Crippen molar-refractivity contribution in [3.63, 3.8) is 0 Å². The molecule has 2 aromatic rings. The van der Waals surface area contributed by atoms with Crippen molar-refractivity contribution in [3.8, 4) is 11.5 Å². The number of Topliss-reactive ketones (excluding diaryl/α,β-unsaturated/α-hetero) is 1. The number of carbonyl (C=O) groups excluding carboxylic acids is 2. The molecule has 0 radical (unpaired) electrons. The third-order valence-electron chi connectivity index (χ3n) is 4.52. The van der Waals surface area contributed by atoms with Gasteiger partial charge in [0.15, 0.2) is 11.5 Å². The largest absolute Gasteiger partial charge is 0.507 e. The van der Waals surface area contributed by atoms with E-state index < -0.39 is 17.7 Å². The van der Waals surface area contributed by atoms with Crippen molar-refractivity contribution < 1.29 is 24.2 Å². The minimum Gasteiger partial charge on any atom is -0.507 e. The van der Waals surface area contributed by atoms with Crippen molar-refractivity contribution in [2.75, 3.05) is 21.3 Å². The summed E-state index contributed by atoms with van der Waals surface area (Å²) in [5, 5.41) is 11.3. The molecule has 2 aromatic carbocycles. The topological polar surface area (TPSA) is 76.1 Å². The molecule has 27 heavy (non-hydrogen) atoms. The summed E-state index contributed by atoms with van der Waals surface area (Å²) in [5.74, 6) is -0.711. The summed E-state index contributed by atoms with van der Waals surface area (Å²) in [7, 11) is 4.53. The molecule has 140 valence electrons. The van der Waals surface area contributed by atoms with Crippen molar-refractivity contribution in [3.05, 3.63) is 64.2 Å². The molecule has 1 fully saturated rings. The maximum Gasteiger partial charge on any atom is 0.295 e. The lowest BCUT2D eigenvalue weighted by atomic mass is 9.95. The Morgan fingerprint density at radius 3 is 2.26 bits per heavy atom. The second-order valence-corrected chi connectivity index (χ2v) is 6.47. The van der Waals surface area contributed by atoms with Gasteiger partial charge in [0.25, 0.3) is 11.7 Å². The van der Waals surface area contributed by atoms with E-state index >= 15 is 0 Å². The molecule has 0 saturated carbocycles. The van der Waals surface area contributed by atoms with Gasteiger partial charge in [-0.25, -0.2) is 0 Å². The third-order valence-corrected chi connectivity index (χ3v) is 4.77. The van der Waals surface area contributed by atoms with Gasteiger partial charge in [0, 0.05) is 17.6 Å². The van der Waals surface area contributed by atoms with Gasteiger partial charge < -0.3 is 19.5 Å². The zero-order valence-corrected chi connectivity index (χ0v) is 15.8. The molecule has 1 N–H and O–H groups in total. The normalized spacial score (nSPS) is 18.7. The highest BCUT2D eigenvalue weighted by atomic mass is 35.5. The minimum atomic E-state index is -0.750. The van der Waals surface area contributed by atoms with Gasteiger partial charge in [-0.3, -0.25) is 9.59 Å². The Balaban J connectivity index is 2.17. The fourth-order valence-electron chi connectivity index (χ4n) is 3.12. The number of amides is 1. The summed E-state index contributed by atoms with van der Waals surface area (Å²) in [6.45, 7) is 0. The van der Waals surface area contributed by atoms with E-state index in [1.807, 2.05) is 0 Å². The van der Waals surface area contributed by atoms with E-state index in [1.54, 1.807) is 42.5 Å². The third kappa shape index (κ3) is 3.24. The molecule has 0 spiro atoms. The van der Waals surface area contributed by atoms with Crippen LogP contribution >= 0.6 is 11.6 Å². The van der Waals surface area contributed by atoms with Crippen LogP contribution in [0.5, 0.6) is 11.5 Å². The van der Waals surface area contributed by atoms with Crippen molar-refractivity contribution in [2.24, 2.45) is 0 Å².